The van der Waals surface area contributed by atoms with Gasteiger partial charge in [0.2, 0.25) is 5.91 Å². The highest BCUT2D eigenvalue weighted by atomic mass is 19.1. The van der Waals surface area contributed by atoms with Crippen molar-refractivity contribution in [3.8, 4) is 0 Å². The van der Waals surface area contributed by atoms with Crippen LogP contribution in [0.25, 0.3) is 0 Å². The molecule has 2 aromatic rings. The number of allylic oxidation sites excluding steroid dienone is 2. The standard InChI is InChI=1S/C36H41F2N3O6/c1-2-46-34(44)36-18-24(36)10-6-4-3-5-7-12-30(39-26-15-13-25(37)14-16-26)33(43)41-21-27(17-31(41)32(42)19-36)47-35(45)40-20-23-9-8-11-29(38)28(23)22-40/h6,8-11,13-16,24,27,30-31,39H,2-5,7,12,17-22H2,1H3/b10-6-/t24-,27+,30-,31-,36+/m0/s1. The first-order chi connectivity index (χ1) is 22.7. The Kier molecular flexibility index (Phi) is 9.61. The van der Waals surface area contributed by atoms with Crippen LogP contribution < -0.4 is 5.32 Å². The summed E-state index contributed by atoms with van der Waals surface area (Å²) in [6.45, 7) is 2.18. The van der Waals surface area contributed by atoms with Crippen molar-refractivity contribution in [2.75, 3.05) is 18.5 Å². The second kappa shape index (κ2) is 13.8. The average molecular weight is 650 g/mol. The number of Topliss-reactive ketones (excluding diaryl/α,β-unsaturated/α-hetero) is 1. The van der Waals surface area contributed by atoms with Gasteiger partial charge in [-0.1, -0.05) is 37.1 Å². The molecule has 4 aliphatic rings. The Hall–Kier alpha value is -4.28. The van der Waals surface area contributed by atoms with Crippen LogP contribution in [0.5, 0.6) is 0 Å². The molecule has 1 N–H and O–H groups in total. The van der Waals surface area contributed by atoms with Crippen molar-refractivity contribution in [2.24, 2.45) is 11.3 Å². The first kappa shape index (κ1) is 32.7. The summed E-state index contributed by atoms with van der Waals surface area (Å²) in [5, 5.41) is 3.24. The molecule has 1 aliphatic carbocycles. The summed E-state index contributed by atoms with van der Waals surface area (Å²) >= 11 is 0. The Morgan fingerprint density at radius 2 is 1.85 bits per heavy atom. The maximum absolute atomic E-state index is 14.4. The zero-order chi connectivity index (χ0) is 33.1. The number of halogens is 2. The van der Waals surface area contributed by atoms with Crippen LogP contribution in [0, 0.1) is 23.0 Å². The minimum absolute atomic E-state index is 0.00648. The van der Waals surface area contributed by atoms with E-state index >= 15 is 0 Å². The second-order valence-corrected chi connectivity index (χ2v) is 13.1. The van der Waals surface area contributed by atoms with Gasteiger partial charge in [0.15, 0.2) is 5.78 Å². The summed E-state index contributed by atoms with van der Waals surface area (Å²) in [6.07, 6.45) is 6.95. The van der Waals surface area contributed by atoms with Crippen molar-refractivity contribution < 1.29 is 37.4 Å². The molecule has 0 unspecified atom stereocenters. The number of benzene rings is 2. The molecule has 6 rings (SSSR count). The Morgan fingerprint density at radius 3 is 2.62 bits per heavy atom. The molecule has 9 nitrogen and oxygen atoms in total. The number of nitrogens with one attached hydrogen (secondary N) is 1. The highest BCUT2D eigenvalue weighted by Gasteiger charge is 2.61. The molecule has 2 aromatic carbocycles. The van der Waals surface area contributed by atoms with Gasteiger partial charge in [-0.2, -0.15) is 0 Å². The maximum atomic E-state index is 14.4. The number of nitrogens with zero attached hydrogens (tertiary/aromatic N) is 2. The van der Waals surface area contributed by atoms with Crippen molar-refractivity contribution in [1.82, 2.24) is 9.80 Å². The summed E-state index contributed by atoms with van der Waals surface area (Å²) < 4.78 is 39.3. The number of fused-ring (bicyclic) bond motifs is 3. The fourth-order valence-electron chi connectivity index (χ4n) is 7.21. The number of carbonyl (C=O) groups is 4. The van der Waals surface area contributed by atoms with E-state index in [0.717, 1.165) is 25.7 Å². The SMILES string of the molecule is CCOC(=O)[C@]12CC(=O)[C@@H]3C[C@@H](OC(=O)N4Cc5cccc(F)c5C4)CN3C(=O)[C@@H](Nc3ccc(F)cc3)CCCCC/C=C\[C@H]1C2. The van der Waals surface area contributed by atoms with E-state index in [1.807, 2.05) is 6.08 Å². The summed E-state index contributed by atoms with van der Waals surface area (Å²) in [4.78, 5) is 57.8. The van der Waals surface area contributed by atoms with Gasteiger partial charge < -0.3 is 19.7 Å². The van der Waals surface area contributed by atoms with Crippen LogP contribution in [-0.4, -0.2) is 64.9 Å². The topological polar surface area (TPSA) is 105 Å². The normalized spacial score (nSPS) is 28.3. The molecule has 0 spiro atoms. The average Bonchev–Trinajstić information content (AvgIpc) is 3.35. The Balaban J connectivity index is 1.25. The van der Waals surface area contributed by atoms with Gasteiger partial charge in [-0.25, -0.2) is 13.6 Å². The lowest BCUT2D eigenvalue weighted by atomic mass is 9.91. The Bertz CT molecular complexity index is 1550. The molecule has 3 aliphatic heterocycles. The van der Waals surface area contributed by atoms with Gasteiger partial charge in [0.25, 0.3) is 0 Å². The number of hydrogen-bond acceptors (Lipinski definition) is 7. The number of ether oxygens (including phenoxy) is 2. The van der Waals surface area contributed by atoms with Crippen LogP contribution >= 0.6 is 0 Å². The van der Waals surface area contributed by atoms with Crippen molar-refractivity contribution in [3.05, 3.63) is 77.4 Å². The summed E-state index contributed by atoms with van der Waals surface area (Å²) in [6, 6.07) is 8.83. The quantitative estimate of drug-likeness (QED) is 0.317. The third-order valence-corrected chi connectivity index (χ3v) is 9.89. The van der Waals surface area contributed by atoms with Gasteiger partial charge in [-0.15, -0.1) is 0 Å². The van der Waals surface area contributed by atoms with Crippen molar-refractivity contribution in [3.63, 3.8) is 0 Å². The highest BCUT2D eigenvalue weighted by molar-refractivity contribution is 5.96. The molecule has 250 valence electrons. The van der Waals surface area contributed by atoms with Gasteiger partial charge in [-0.3, -0.25) is 19.3 Å². The predicted molar refractivity (Wildman–Crippen MR) is 169 cm³/mol. The predicted octanol–water partition coefficient (Wildman–Crippen LogP) is 5.92. The molecule has 5 atom stereocenters. The van der Waals surface area contributed by atoms with Crippen LogP contribution in [0.4, 0.5) is 19.3 Å². The van der Waals surface area contributed by atoms with Crippen LogP contribution in [0.3, 0.4) is 0 Å². The maximum Gasteiger partial charge on any atom is 0.410 e. The number of esters is 1. The van der Waals surface area contributed by atoms with E-state index in [2.05, 4.69) is 11.4 Å². The number of rotatable bonds is 5. The minimum atomic E-state index is -0.982. The number of anilines is 1. The Labute approximate surface area is 273 Å². The van der Waals surface area contributed by atoms with E-state index in [1.165, 1.54) is 28.0 Å². The monoisotopic (exact) mass is 649 g/mol. The summed E-state index contributed by atoms with van der Waals surface area (Å²) in [5.41, 5.74) is 0.739. The second-order valence-electron chi connectivity index (χ2n) is 13.1. The first-order valence-electron chi connectivity index (χ1n) is 16.6. The molecule has 2 amide bonds. The zero-order valence-corrected chi connectivity index (χ0v) is 26.6. The lowest BCUT2D eigenvalue weighted by Gasteiger charge is -2.30. The highest BCUT2D eigenvalue weighted by Crippen LogP contribution is 2.57. The number of hydrogen-bond donors (Lipinski definition) is 1. The van der Waals surface area contributed by atoms with Gasteiger partial charge in [0.05, 0.1) is 31.2 Å². The molecule has 3 heterocycles. The largest absolute Gasteiger partial charge is 0.466 e. The fraction of sp³-hybridized carbons (Fsp3) is 0.500. The van der Waals surface area contributed by atoms with E-state index in [1.54, 1.807) is 31.2 Å². The van der Waals surface area contributed by atoms with Gasteiger partial charge in [-0.05, 0) is 74.4 Å². The first-order valence-corrected chi connectivity index (χ1v) is 16.6. The molecule has 1 saturated heterocycles. The molecule has 0 bridgehead atoms. The van der Waals surface area contributed by atoms with E-state index in [4.69, 9.17) is 9.47 Å². The van der Waals surface area contributed by atoms with Gasteiger partial charge in [0.1, 0.15) is 23.8 Å². The molecule has 47 heavy (non-hydrogen) atoms. The number of ketones is 1. The van der Waals surface area contributed by atoms with Crippen molar-refractivity contribution in [1.29, 1.82) is 0 Å². The van der Waals surface area contributed by atoms with E-state index in [0.29, 0.717) is 29.7 Å². The van der Waals surface area contributed by atoms with Crippen molar-refractivity contribution >= 4 is 29.4 Å². The van der Waals surface area contributed by atoms with Crippen LogP contribution in [-0.2, 0) is 36.9 Å². The smallest absolute Gasteiger partial charge is 0.410 e. The Morgan fingerprint density at radius 1 is 1.04 bits per heavy atom. The lowest BCUT2D eigenvalue weighted by Crippen LogP contribution is -2.48. The lowest BCUT2D eigenvalue weighted by molar-refractivity contribution is -0.152. The third kappa shape index (κ3) is 7.04. The van der Waals surface area contributed by atoms with Gasteiger partial charge in [0, 0.05) is 30.6 Å². The number of amides is 2. The third-order valence-electron chi connectivity index (χ3n) is 9.89. The molecular weight excluding hydrogens is 608 g/mol. The van der Waals surface area contributed by atoms with Crippen LogP contribution in [0.2, 0.25) is 0 Å². The molecule has 11 heteroatoms. The summed E-state index contributed by atoms with van der Waals surface area (Å²) in [5.74, 6) is -1.93. The fourth-order valence-corrected chi connectivity index (χ4v) is 7.21. The molecule has 1 saturated carbocycles. The molecular formula is C36H41F2N3O6. The zero-order valence-electron chi connectivity index (χ0n) is 26.6. The van der Waals surface area contributed by atoms with E-state index < -0.39 is 41.5 Å². The van der Waals surface area contributed by atoms with E-state index in [-0.39, 0.29) is 62.5 Å². The van der Waals surface area contributed by atoms with Crippen LogP contribution in [0.15, 0.2) is 54.6 Å². The van der Waals surface area contributed by atoms with E-state index in [9.17, 15) is 28.0 Å². The molecule has 0 aromatic heterocycles. The minimum Gasteiger partial charge on any atom is -0.466 e. The van der Waals surface area contributed by atoms with Crippen molar-refractivity contribution in [2.45, 2.75) is 89.6 Å². The molecule has 0 radical (unpaired) electrons. The molecule has 2 fully saturated rings. The summed E-state index contributed by atoms with van der Waals surface area (Å²) in [7, 11) is 0. The van der Waals surface area contributed by atoms with Crippen LogP contribution in [0.1, 0.15) is 69.4 Å². The number of carbonyl (C=O) groups excluding carboxylic acids is 4. The van der Waals surface area contributed by atoms with Gasteiger partial charge >= 0.3 is 12.1 Å².